The van der Waals surface area contributed by atoms with Crippen molar-refractivity contribution in [1.82, 2.24) is 0 Å². The molecule has 2 aliphatic heterocycles. The van der Waals surface area contributed by atoms with Crippen LogP contribution in [-0.4, -0.2) is 11.8 Å². The first-order chi connectivity index (χ1) is 11.1. The molecule has 0 unspecified atom stereocenters. The smallest absolute Gasteiger partial charge is 0.140 e. The zero-order chi connectivity index (χ0) is 16.0. The van der Waals surface area contributed by atoms with E-state index in [1.165, 1.54) is 16.8 Å². The van der Waals surface area contributed by atoms with E-state index < -0.39 is 0 Å². The minimum absolute atomic E-state index is 0.127. The van der Waals surface area contributed by atoms with E-state index in [0.717, 1.165) is 17.3 Å². The average molecular weight is 370 g/mol. The van der Waals surface area contributed by atoms with Gasteiger partial charge in [0.25, 0.3) is 0 Å². The van der Waals surface area contributed by atoms with Crippen LogP contribution < -0.4 is 4.90 Å². The molecule has 3 aliphatic rings. The Morgan fingerprint density at radius 3 is 2.35 bits per heavy atom. The fourth-order valence-electron chi connectivity index (χ4n) is 4.15. The van der Waals surface area contributed by atoms with Gasteiger partial charge in [-0.2, -0.15) is 0 Å². The van der Waals surface area contributed by atoms with Crippen molar-refractivity contribution in [3.8, 4) is 0 Å². The Balaban J connectivity index is 1.79. The molecule has 2 aromatic rings. The average Bonchev–Trinajstić information content (AvgIpc) is 2.56. The number of benzene rings is 2. The van der Waals surface area contributed by atoms with Crippen molar-refractivity contribution in [2.24, 2.45) is 5.92 Å². The minimum Gasteiger partial charge on any atom is -0.360 e. The molecule has 0 aromatic heterocycles. The van der Waals surface area contributed by atoms with Crippen LogP contribution in [0, 0.1) is 12.8 Å². The van der Waals surface area contributed by atoms with Gasteiger partial charge in [0.05, 0.1) is 6.04 Å². The molecule has 0 N–H and O–H groups in total. The van der Waals surface area contributed by atoms with Gasteiger partial charge in [-0.05, 0) is 49.6 Å². The van der Waals surface area contributed by atoms with E-state index in [2.05, 4.69) is 76.3 Å². The molecule has 2 saturated heterocycles. The first-order valence-electron chi connectivity index (χ1n) is 8.26. The Kier molecular flexibility index (Phi) is 3.76. The van der Waals surface area contributed by atoms with Crippen LogP contribution in [0.1, 0.15) is 36.4 Å². The Morgan fingerprint density at radius 1 is 1.00 bits per heavy atom. The lowest BCUT2D eigenvalue weighted by atomic mass is 9.71. The molecular formula is C20H20BrNO. The summed E-state index contributed by atoms with van der Waals surface area (Å²) in [5, 5.41) is 0. The summed E-state index contributed by atoms with van der Waals surface area (Å²) in [4.78, 5) is 15.0. The predicted molar refractivity (Wildman–Crippen MR) is 96.7 cm³/mol. The van der Waals surface area contributed by atoms with Crippen molar-refractivity contribution in [3.05, 3.63) is 64.1 Å². The van der Waals surface area contributed by atoms with Gasteiger partial charge in [0.15, 0.2) is 0 Å². The lowest BCUT2D eigenvalue weighted by Crippen LogP contribution is -2.54. The molecule has 23 heavy (non-hydrogen) atoms. The fraction of sp³-hybridized carbons (Fsp3) is 0.350. The van der Waals surface area contributed by atoms with Gasteiger partial charge >= 0.3 is 0 Å². The molecule has 1 aliphatic carbocycles. The van der Waals surface area contributed by atoms with Gasteiger partial charge in [-0.3, -0.25) is 4.79 Å². The van der Waals surface area contributed by atoms with Crippen molar-refractivity contribution in [1.29, 1.82) is 0 Å². The molecule has 2 bridgehead atoms. The van der Waals surface area contributed by atoms with Gasteiger partial charge in [-0.15, -0.1) is 0 Å². The molecular weight excluding hydrogens is 350 g/mol. The van der Waals surface area contributed by atoms with E-state index in [0.29, 0.717) is 18.2 Å². The molecule has 3 fully saturated rings. The number of hydrogen-bond donors (Lipinski definition) is 0. The molecule has 1 saturated carbocycles. The predicted octanol–water partition coefficient (Wildman–Crippen LogP) is 5.06. The van der Waals surface area contributed by atoms with Gasteiger partial charge < -0.3 is 4.90 Å². The van der Waals surface area contributed by atoms with E-state index in [4.69, 9.17) is 0 Å². The molecule has 2 aromatic carbocycles. The van der Waals surface area contributed by atoms with Crippen LogP contribution in [-0.2, 0) is 4.79 Å². The topological polar surface area (TPSA) is 20.3 Å². The van der Waals surface area contributed by atoms with Crippen LogP contribution in [0.4, 0.5) is 5.69 Å². The SMILES string of the molecule is Cc1ccc(N2[C@H]3CC[C@H](C(=O)C3)[C@@H]2c2ccc(Br)cc2)cc1. The van der Waals surface area contributed by atoms with Crippen molar-refractivity contribution in [2.45, 2.75) is 38.3 Å². The summed E-state index contributed by atoms with van der Waals surface area (Å²) >= 11 is 3.51. The molecule has 118 valence electrons. The number of carbonyl (C=O) groups excluding carboxylic acids is 1. The fourth-order valence-corrected chi connectivity index (χ4v) is 4.42. The number of Topliss-reactive ketones (excluding diaryl/α,β-unsaturated/α-hetero) is 1. The third-order valence-corrected chi connectivity index (χ3v) is 5.81. The van der Waals surface area contributed by atoms with E-state index >= 15 is 0 Å². The zero-order valence-electron chi connectivity index (χ0n) is 13.2. The molecule has 5 rings (SSSR count). The first kappa shape index (κ1) is 14.9. The second-order valence-corrected chi connectivity index (χ2v) is 7.66. The van der Waals surface area contributed by atoms with Gasteiger partial charge in [0.2, 0.25) is 0 Å². The maximum absolute atomic E-state index is 12.5. The van der Waals surface area contributed by atoms with E-state index in [9.17, 15) is 4.79 Å². The van der Waals surface area contributed by atoms with Crippen LogP contribution in [0.25, 0.3) is 0 Å². The number of ketones is 1. The van der Waals surface area contributed by atoms with Gasteiger partial charge in [0, 0.05) is 28.5 Å². The van der Waals surface area contributed by atoms with Crippen LogP contribution in [0.2, 0.25) is 0 Å². The summed E-state index contributed by atoms with van der Waals surface area (Å²) in [7, 11) is 0. The number of halogens is 1. The highest BCUT2D eigenvalue weighted by atomic mass is 79.9. The lowest BCUT2D eigenvalue weighted by Gasteiger charge is -2.52. The Bertz CT molecular complexity index is 722. The van der Waals surface area contributed by atoms with Crippen LogP contribution in [0.5, 0.6) is 0 Å². The maximum atomic E-state index is 12.5. The Morgan fingerprint density at radius 2 is 1.70 bits per heavy atom. The summed E-state index contributed by atoms with van der Waals surface area (Å²) in [6.45, 7) is 2.11. The number of carbonyl (C=O) groups is 1. The highest BCUT2D eigenvalue weighted by Crippen LogP contribution is 2.47. The number of rotatable bonds is 2. The summed E-state index contributed by atoms with van der Waals surface area (Å²) in [5.74, 6) is 0.569. The standard InChI is InChI=1S/C20H20BrNO/c1-13-2-8-16(9-3-13)22-17-10-11-18(19(23)12-17)20(22)14-4-6-15(21)7-5-14/h2-9,17-18,20H,10-12H2,1H3/t17-,18+,20-/m0/s1. The first-order valence-corrected chi connectivity index (χ1v) is 9.06. The molecule has 2 nitrogen and oxygen atoms in total. The Hall–Kier alpha value is -1.61. The highest BCUT2D eigenvalue weighted by molar-refractivity contribution is 9.10. The van der Waals surface area contributed by atoms with Crippen LogP contribution >= 0.6 is 15.9 Å². The second kappa shape index (κ2) is 5.79. The normalized spacial score (nSPS) is 26.6. The summed E-state index contributed by atoms with van der Waals surface area (Å²) < 4.78 is 1.08. The molecule has 0 radical (unpaired) electrons. The molecule has 2 heterocycles. The molecule has 0 spiro atoms. The zero-order valence-corrected chi connectivity index (χ0v) is 14.8. The minimum atomic E-state index is 0.127. The summed E-state index contributed by atoms with van der Waals surface area (Å²) in [6, 6.07) is 17.7. The summed E-state index contributed by atoms with van der Waals surface area (Å²) in [5.41, 5.74) is 3.76. The number of piperidine rings is 2. The van der Waals surface area contributed by atoms with Crippen LogP contribution in [0.3, 0.4) is 0 Å². The van der Waals surface area contributed by atoms with Crippen molar-refractivity contribution < 1.29 is 4.79 Å². The van der Waals surface area contributed by atoms with Crippen molar-refractivity contribution in [2.75, 3.05) is 4.90 Å². The quantitative estimate of drug-likeness (QED) is 0.737. The third-order valence-electron chi connectivity index (χ3n) is 5.28. The molecule has 0 amide bonds. The molecule has 3 atom stereocenters. The van der Waals surface area contributed by atoms with E-state index in [-0.39, 0.29) is 12.0 Å². The second-order valence-electron chi connectivity index (χ2n) is 6.75. The number of aryl methyl sites for hydroxylation is 1. The van der Waals surface area contributed by atoms with E-state index in [1.807, 2.05) is 0 Å². The van der Waals surface area contributed by atoms with Gasteiger partial charge in [0.1, 0.15) is 5.78 Å². The monoisotopic (exact) mass is 369 g/mol. The van der Waals surface area contributed by atoms with E-state index in [1.54, 1.807) is 0 Å². The number of anilines is 1. The van der Waals surface area contributed by atoms with Crippen molar-refractivity contribution >= 4 is 27.4 Å². The summed E-state index contributed by atoms with van der Waals surface area (Å²) in [6.07, 6.45) is 2.84. The lowest BCUT2D eigenvalue weighted by molar-refractivity contribution is -0.128. The maximum Gasteiger partial charge on any atom is 0.140 e. The highest BCUT2D eigenvalue weighted by Gasteiger charge is 2.47. The molecule has 3 heteroatoms. The van der Waals surface area contributed by atoms with Crippen LogP contribution in [0.15, 0.2) is 53.0 Å². The third kappa shape index (κ3) is 2.61. The number of hydrogen-bond acceptors (Lipinski definition) is 2. The van der Waals surface area contributed by atoms with Gasteiger partial charge in [-0.25, -0.2) is 0 Å². The Labute approximate surface area is 145 Å². The van der Waals surface area contributed by atoms with Crippen molar-refractivity contribution in [3.63, 3.8) is 0 Å². The number of fused-ring (bicyclic) bond motifs is 3. The largest absolute Gasteiger partial charge is 0.360 e. The number of nitrogens with zero attached hydrogens (tertiary/aromatic N) is 1. The van der Waals surface area contributed by atoms with Gasteiger partial charge in [-0.1, -0.05) is 45.8 Å².